The summed E-state index contributed by atoms with van der Waals surface area (Å²) < 4.78 is 4.60. The van der Waals surface area contributed by atoms with Crippen molar-refractivity contribution in [2.45, 2.75) is 13.8 Å². The normalized spacial score (nSPS) is 15.9. The Labute approximate surface area is 126 Å². The second kappa shape index (κ2) is 5.63. The lowest BCUT2D eigenvalue weighted by molar-refractivity contribution is 1.02. The molecule has 4 heteroatoms. The Hall–Kier alpha value is -1.24. The molecular weight excluding hydrogens is 287 g/mol. The summed E-state index contributed by atoms with van der Waals surface area (Å²) >= 11 is 6.71. The van der Waals surface area contributed by atoms with Gasteiger partial charge in [-0.15, -0.1) is 0 Å². The van der Waals surface area contributed by atoms with Crippen molar-refractivity contribution in [3.05, 3.63) is 59.7 Å². The third kappa shape index (κ3) is 2.63. The van der Waals surface area contributed by atoms with Crippen molar-refractivity contribution in [3.8, 4) is 0 Å². The van der Waals surface area contributed by atoms with Crippen LogP contribution in [0.4, 0.5) is 11.4 Å². The molecule has 2 nitrogen and oxygen atoms in total. The molecule has 1 aliphatic heterocycles. The van der Waals surface area contributed by atoms with Crippen LogP contribution in [0.5, 0.6) is 0 Å². The Morgan fingerprint density at radius 3 is 1.45 bits per heavy atom. The lowest BCUT2D eigenvalue weighted by Crippen LogP contribution is -2.10. The van der Waals surface area contributed by atoms with E-state index >= 15 is 0 Å². The molecule has 1 heterocycles. The largest absolute Gasteiger partial charge is 0.320 e. The maximum Gasteiger partial charge on any atom is 0.197 e. The number of rotatable bonds is 2. The van der Waals surface area contributed by atoms with E-state index in [1.807, 2.05) is 0 Å². The standard InChI is InChI=1S/C16H18ClN2P/c1-13-3-7-15(8-4-13)18-11-12-19(20(18)17)16-9-5-14(2)6-10-16/h3-10H,11-12H2,1-2H3. The van der Waals surface area contributed by atoms with Crippen molar-refractivity contribution >= 4 is 30.2 Å². The first-order valence-electron chi connectivity index (χ1n) is 6.79. The fourth-order valence-electron chi connectivity index (χ4n) is 2.37. The molecule has 0 N–H and O–H groups in total. The molecule has 1 aliphatic rings. The molecular formula is C16H18ClN2P. The number of hydrogen-bond donors (Lipinski definition) is 0. The molecule has 0 saturated carbocycles. The summed E-state index contributed by atoms with van der Waals surface area (Å²) in [5.74, 6) is 0. The minimum atomic E-state index is -0.825. The Balaban J connectivity index is 1.81. The highest BCUT2D eigenvalue weighted by molar-refractivity contribution is 7.86. The van der Waals surface area contributed by atoms with E-state index in [0.29, 0.717) is 0 Å². The SMILES string of the molecule is Cc1ccc(N2CCN(c3ccc(C)cc3)P2Cl)cc1. The van der Waals surface area contributed by atoms with Crippen LogP contribution >= 0.6 is 18.8 Å². The van der Waals surface area contributed by atoms with Crippen LogP contribution in [0.2, 0.25) is 0 Å². The molecule has 1 fully saturated rings. The third-order valence-corrected chi connectivity index (χ3v) is 6.34. The van der Waals surface area contributed by atoms with Crippen LogP contribution in [0, 0.1) is 13.8 Å². The Morgan fingerprint density at radius 2 is 1.10 bits per heavy atom. The van der Waals surface area contributed by atoms with E-state index in [1.54, 1.807) is 0 Å². The van der Waals surface area contributed by atoms with Gasteiger partial charge in [0, 0.05) is 24.5 Å². The van der Waals surface area contributed by atoms with Crippen LogP contribution in [-0.4, -0.2) is 13.1 Å². The van der Waals surface area contributed by atoms with Crippen LogP contribution in [0.15, 0.2) is 48.5 Å². The number of hydrogen-bond acceptors (Lipinski definition) is 2. The van der Waals surface area contributed by atoms with E-state index < -0.39 is 7.58 Å². The zero-order valence-electron chi connectivity index (χ0n) is 11.8. The van der Waals surface area contributed by atoms with E-state index in [0.717, 1.165) is 13.1 Å². The van der Waals surface area contributed by atoms with Gasteiger partial charge in [0.2, 0.25) is 0 Å². The minimum Gasteiger partial charge on any atom is -0.320 e. The van der Waals surface area contributed by atoms with Crippen LogP contribution < -0.4 is 9.34 Å². The van der Waals surface area contributed by atoms with Crippen LogP contribution in [0.1, 0.15) is 11.1 Å². The summed E-state index contributed by atoms with van der Waals surface area (Å²) in [4.78, 5) is 0. The van der Waals surface area contributed by atoms with Crippen molar-refractivity contribution in [2.24, 2.45) is 0 Å². The molecule has 0 unspecified atom stereocenters. The lowest BCUT2D eigenvalue weighted by Gasteiger charge is -2.26. The number of nitrogens with zero attached hydrogens (tertiary/aromatic N) is 2. The summed E-state index contributed by atoms with van der Waals surface area (Å²) in [7, 11) is -0.825. The van der Waals surface area contributed by atoms with Gasteiger partial charge in [-0.2, -0.15) is 0 Å². The second-order valence-corrected chi connectivity index (χ2v) is 7.51. The highest BCUT2D eigenvalue weighted by Crippen LogP contribution is 2.56. The summed E-state index contributed by atoms with van der Waals surface area (Å²) in [6, 6.07) is 17.2. The first-order chi connectivity index (χ1) is 9.65. The van der Waals surface area contributed by atoms with Gasteiger partial charge < -0.3 is 9.34 Å². The molecule has 2 aromatic carbocycles. The van der Waals surface area contributed by atoms with Gasteiger partial charge in [-0.05, 0) is 49.4 Å². The molecule has 0 bridgehead atoms. The quantitative estimate of drug-likeness (QED) is 0.713. The van der Waals surface area contributed by atoms with Gasteiger partial charge in [-0.1, -0.05) is 35.4 Å². The van der Waals surface area contributed by atoms with E-state index in [9.17, 15) is 0 Å². The molecule has 3 rings (SSSR count). The summed E-state index contributed by atoms with van der Waals surface area (Å²) in [6.07, 6.45) is 0. The average molecular weight is 305 g/mol. The highest BCUT2D eigenvalue weighted by Gasteiger charge is 2.31. The number of aryl methyl sites for hydroxylation is 2. The molecule has 0 radical (unpaired) electrons. The van der Waals surface area contributed by atoms with Crippen molar-refractivity contribution in [2.75, 3.05) is 22.4 Å². The zero-order chi connectivity index (χ0) is 14.1. The monoisotopic (exact) mass is 304 g/mol. The van der Waals surface area contributed by atoms with Crippen molar-refractivity contribution < 1.29 is 0 Å². The second-order valence-electron chi connectivity index (χ2n) is 5.16. The molecule has 1 saturated heterocycles. The van der Waals surface area contributed by atoms with E-state index in [2.05, 4.69) is 71.7 Å². The molecule has 0 spiro atoms. The fourth-order valence-corrected chi connectivity index (χ4v) is 4.76. The topological polar surface area (TPSA) is 6.48 Å². The average Bonchev–Trinajstić information content (AvgIpc) is 2.83. The number of halogens is 1. The lowest BCUT2D eigenvalue weighted by atomic mass is 10.2. The highest BCUT2D eigenvalue weighted by atomic mass is 35.7. The van der Waals surface area contributed by atoms with Gasteiger partial charge >= 0.3 is 0 Å². The van der Waals surface area contributed by atoms with E-state index in [4.69, 9.17) is 11.2 Å². The summed E-state index contributed by atoms with van der Waals surface area (Å²) in [5, 5.41) is 0. The van der Waals surface area contributed by atoms with Gasteiger partial charge in [-0.25, -0.2) is 0 Å². The Morgan fingerprint density at radius 1 is 0.750 bits per heavy atom. The molecule has 20 heavy (non-hydrogen) atoms. The van der Waals surface area contributed by atoms with Crippen LogP contribution in [0.3, 0.4) is 0 Å². The van der Waals surface area contributed by atoms with Gasteiger partial charge in [-0.3, -0.25) is 0 Å². The Kier molecular flexibility index (Phi) is 3.87. The first kappa shape index (κ1) is 13.7. The molecule has 2 aromatic rings. The summed E-state index contributed by atoms with van der Waals surface area (Å²) in [5.41, 5.74) is 4.99. The zero-order valence-corrected chi connectivity index (χ0v) is 13.4. The van der Waals surface area contributed by atoms with Crippen molar-refractivity contribution in [1.29, 1.82) is 0 Å². The fraction of sp³-hybridized carbons (Fsp3) is 0.250. The predicted molar refractivity (Wildman–Crippen MR) is 89.8 cm³/mol. The summed E-state index contributed by atoms with van der Waals surface area (Å²) in [6.45, 7) is 6.17. The maximum atomic E-state index is 6.71. The number of anilines is 2. The van der Waals surface area contributed by atoms with Crippen molar-refractivity contribution in [1.82, 2.24) is 0 Å². The first-order valence-corrected chi connectivity index (χ1v) is 8.94. The van der Waals surface area contributed by atoms with E-state index in [1.165, 1.54) is 22.5 Å². The van der Waals surface area contributed by atoms with Crippen LogP contribution in [0.25, 0.3) is 0 Å². The maximum absolute atomic E-state index is 6.71. The Bertz CT molecular complexity index is 529. The predicted octanol–water partition coefficient (Wildman–Crippen LogP) is 5.10. The molecule has 0 aliphatic carbocycles. The van der Waals surface area contributed by atoms with Gasteiger partial charge in [0.15, 0.2) is 7.58 Å². The van der Waals surface area contributed by atoms with Crippen LogP contribution in [-0.2, 0) is 0 Å². The molecule has 0 amide bonds. The molecule has 104 valence electrons. The smallest absolute Gasteiger partial charge is 0.197 e. The third-order valence-electron chi connectivity index (χ3n) is 3.59. The minimum absolute atomic E-state index is 0.825. The van der Waals surface area contributed by atoms with E-state index in [-0.39, 0.29) is 0 Å². The van der Waals surface area contributed by atoms with Gasteiger partial charge in [0.1, 0.15) is 0 Å². The number of benzene rings is 2. The van der Waals surface area contributed by atoms with Gasteiger partial charge in [0.05, 0.1) is 0 Å². The van der Waals surface area contributed by atoms with Crippen molar-refractivity contribution in [3.63, 3.8) is 0 Å². The molecule has 0 atom stereocenters. The molecule has 0 aromatic heterocycles. The van der Waals surface area contributed by atoms with Gasteiger partial charge in [0.25, 0.3) is 0 Å².